The van der Waals surface area contributed by atoms with Crippen LogP contribution in [0.3, 0.4) is 0 Å². The van der Waals surface area contributed by atoms with Crippen molar-refractivity contribution in [3.63, 3.8) is 0 Å². The second kappa shape index (κ2) is 6.53. The molecule has 2 rings (SSSR count). The SMILES string of the molecule is CCC[C@H](N)C(=O)NC(C)c1cccc2ccccc12. The van der Waals surface area contributed by atoms with E-state index in [1.54, 1.807) is 0 Å². The fraction of sp³-hybridized carbons (Fsp3) is 0.353. The van der Waals surface area contributed by atoms with Gasteiger partial charge >= 0.3 is 0 Å². The Morgan fingerprint density at radius 1 is 1.20 bits per heavy atom. The van der Waals surface area contributed by atoms with Crippen LogP contribution in [0, 0.1) is 0 Å². The molecule has 0 saturated heterocycles. The average Bonchev–Trinajstić information content (AvgIpc) is 2.46. The van der Waals surface area contributed by atoms with Gasteiger partial charge in [0.25, 0.3) is 0 Å². The molecule has 0 spiro atoms. The van der Waals surface area contributed by atoms with E-state index in [0.29, 0.717) is 6.42 Å². The largest absolute Gasteiger partial charge is 0.348 e. The van der Waals surface area contributed by atoms with Crippen molar-refractivity contribution in [2.75, 3.05) is 0 Å². The fourth-order valence-electron chi connectivity index (χ4n) is 2.47. The fourth-order valence-corrected chi connectivity index (χ4v) is 2.47. The van der Waals surface area contributed by atoms with Crippen LogP contribution in [-0.2, 0) is 4.79 Å². The second-order valence-corrected chi connectivity index (χ2v) is 5.19. The van der Waals surface area contributed by atoms with Crippen molar-refractivity contribution in [2.24, 2.45) is 5.73 Å². The first-order valence-corrected chi connectivity index (χ1v) is 7.17. The molecule has 0 aliphatic rings. The van der Waals surface area contributed by atoms with E-state index >= 15 is 0 Å². The number of hydrogen-bond acceptors (Lipinski definition) is 2. The molecule has 0 aliphatic carbocycles. The van der Waals surface area contributed by atoms with Crippen LogP contribution in [0.2, 0.25) is 0 Å². The normalized spacial score (nSPS) is 13.9. The Balaban J connectivity index is 2.19. The van der Waals surface area contributed by atoms with Gasteiger partial charge in [-0.1, -0.05) is 55.8 Å². The molecule has 0 saturated carbocycles. The maximum absolute atomic E-state index is 12.0. The third kappa shape index (κ3) is 3.17. The summed E-state index contributed by atoms with van der Waals surface area (Å²) in [6.45, 7) is 4.03. The smallest absolute Gasteiger partial charge is 0.237 e. The molecular weight excluding hydrogens is 248 g/mol. The predicted octanol–water partition coefficient (Wildman–Crippen LogP) is 3.14. The first kappa shape index (κ1) is 14.5. The molecule has 0 radical (unpaired) electrons. The van der Waals surface area contributed by atoms with E-state index < -0.39 is 6.04 Å². The number of amides is 1. The zero-order valence-electron chi connectivity index (χ0n) is 12.1. The number of benzene rings is 2. The Labute approximate surface area is 120 Å². The molecule has 20 heavy (non-hydrogen) atoms. The summed E-state index contributed by atoms with van der Waals surface area (Å²) in [5.74, 6) is -0.0766. The van der Waals surface area contributed by atoms with E-state index in [9.17, 15) is 4.79 Å². The third-order valence-electron chi connectivity index (χ3n) is 3.59. The quantitative estimate of drug-likeness (QED) is 0.877. The third-order valence-corrected chi connectivity index (χ3v) is 3.59. The molecule has 1 amide bonds. The minimum atomic E-state index is -0.419. The predicted molar refractivity (Wildman–Crippen MR) is 83.4 cm³/mol. The van der Waals surface area contributed by atoms with Crippen molar-refractivity contribution < 1.29 is 4.79 Å². The molecule has 0 heterocycles. The zero-order valence-corrected chi connectivity index (χ0v) is 12.1. The number of rotatable bonds is 5. The Morgan fingerprint density at radius 2 is 1.90 bits per heavy atom. The van der Waals surface area contributed by atoms with Crippen molar-refractivity contribution >= 4 is 16.7 Å². The molecule has 2 atom stereocenters. The highest BCUT2D eigenvalue weighted by Crippen LogP contribution is 2.24. The minimum absolute atomic E-state index is 0.0449. The van der Waals surface area contributed by atoms with Crippen LogP contribution in [0.25, 0.3) is 10.8 Å². The maximum atomic E-state index is 12.0. The van der Waals surface area contributed by atoms with E-state index in [-0.39, 0.29) is 11.9 Å². The summed E-state index contributed by atoms with van der Waals surface area (Å²) < 4.78 is 0. The lowest BCUT2D eigenvalue weighted by Gasteiger charge is -2.19. The highest BCUT2D eigenvalue weighted by Gasteiger charge is 2.16. The van der Waals surface area contributed by atoms with Crippen molar-refractivity contribution in [3.05, 3.63) is 48.0 Å². The van der Waals surface area contributed by atoms with Gasteiger partial charge in [0.15, 0.2) is 0 Å². The van der Waals surface area contributed by atoms with Crippen LogP contribution < -0.4 is 11.1 Å². The zero-order chi connectivity index (χ0) is 14.5. The van der Waals surface area contributed by atoms with Crippen LogP contribution in [0.4, 0.5) is 0 Å². The van der Waals surface area contributed by atoms with E-state index in [1.165, 1.54) is 10.8 Å². The number of nitrogens with two attached hydrogens (primary N) is 1. The molecule has 0 aromatic heterocycles. The van der Waals surface area contributed by atoms with Crippen LogP contribution in [0.5, 0.6) is 0 Å². The lowest BCUT2D eigenvalue weighted by atomic mass is 9.99. The summed E-state index contributed by atoms with van der Waals surface area (Å²) in [7, 11) is 0. The minimum Gasteiger partial charge on any atom is -0.348 e. The van der Waals surface area contributed by atoms with E-state index in [0.717, 1.165) is 12.0 Å². The number of carbonyl (C=O) groups is 1. The molecule has 106 valence electrons. The van der Waals surface area contributed by atoms with Gasteiger partial charge in [0.2, 0.25) is 5.91 Å². The lowest BCUT2D eigenvalue weighted by Crippen LogP contribution is -2.41. The Hall–Kier alpha value is -1.87. The van der Waals surface area contributed by atoms with Gasteiger partial charge in [-0.3, -0.25) is 4.79 Å². The standard InChI is InChI=1S/C17H22N2O/c1-3-7-16(18)17(20)19-12(2)14-11-6-9-13-8-4-5-10-15(13)14/h4-6,8-12,16H,3,7,18H2,1-2H3,(H,19,20)/t12?,16-/m0/s1. The van der Waals surface area contributed by atoms with Crippen molar-refractivity contribution in [1.29, 1.82) is 0 Å². The molecule has 0 aliphatic heterocycles. The molecule has 2 aromatic rings. The maximum Gasteiger partial charge on any atom is 0.237 e. The van der Waals surface area contributed by atoms with Crippen molar-refractivity contribution in [1.82, 2.24) is 5.32 Å². The molecule has 0 bridgehead atoms. The first-order valence-electron chi connectivity index (χ1n) is 7.17. The number of fused-ring (bicyclic) bond motifs is 1. The number of nitrogens with one attached hydrogen (secondary N) is 1. The summed E-state index contributed by atoms with van der Waals surface area (Å²) in [5.41, 5.74) is 6.98. The summed E-state index contributed by atoms with van der Waals surface area (Å²) in [5, 5.41) is 5.37. The highest BCUT2D eigenvalue weighted by atomic mass is 16.2. The van der Waals surface area contributed by atoms with Gasteiger partial charge in [-0.25, -0.2) is 0 Å². The lowest BCUT2D eigenvalue weighted by molar-refractivity contribution is -0.123. The second-order valence-electron chi connectivity index (χ2n) is 5.19. The first-order chi connectivity index (χ1) is 9.63. The molecule has 0 fully saturated rings. The van der Waals surface area contributed by atoms with Crippen LogP contribution in [0.1, 0.15) is 38.3 Å². The summed E-state index contributed by atoms with van der Waals surface area (Å²) in [6.07, 6.45) is 1.63. The number of carbonyl (C=O) groups excluding carboxylic acids is 1. The average molecular weight is 270 g/mol. The van der Waals surface area contributed by atoms with E-state index in [1.807, 2.05) is 32.0 Å². The van der Waals surface area contributed by atoms with E-state index in [4.69, 9.17) is 5.73 Å². The van der Waals surface area contributed by atoms with Crippen LogP contribution in [-0.4, -0.2) is 11.9 Å². The Morgan fingerprint density at radius 3 is 2.65 bits per heavy atom. The highest BCUT2D eigenvalue weighted by molar-refractivity contribution is 5.87. The van der Waals surface area contributed by atoms with Gasteiger partial charge in [0.05, 0.1) is 12.1 Å². The van der Waals surface area contributed by atoms with Crippen LogP contribution >= 0.6 is 0 Å². The Bertz CT molecular complexity index is 589. The molecule has 3 heteroatoms. The molecule has 1 unspecified atom stereocenters. The summed E-state index contributed by atoms with van der Waals surface area (Å²) in [6, 6.07) is 13.9. The van der Waals surface area contributed by atoms with Gasteiger partial charge in [0.1, 0.15) is 0 Å². The monoisotopic (exact) mass is 270 g/mol. The molecular formula is C17H22N2O. The molecule has 3 N–H and O–H groups in total. The molecule has 3 nitrogen and oxygen atoms in total. The van der Waals surface area contributed by atoms with Crippen molar-refractivity contribution in [3.8, 4) is 0 Å². The Kier molecular flexibility index (Phi) is 4.74. The van der Waals surface area contributed by atoms with E-state index in [2.05, 4.69) is 29.6 Å². The number of hydrogen-bond donors (Lipinski definition) is 2. The topological polar surface area (TPSA) is 55.1 Å². The van der Waals surface area contributed by atoms with Gasteiger partial charge in [0, 0.05) is 0 Å². The van der Waals surface area contributed by atoms with Gasteiger partial charge in [-0.05, 0) is 29.7 Å². The van der Waals surface area contributed by atoms with Gasteiger partial charge in [-0.2, -0.15) is 0 Å². The summed E-state index contributed by atoms with van der Waals surface area (Å²) >= 11 is 0. The van der Waals surface area contributed by atoms with Crippen LogP contribution in [0.15, 0.2) is 42.5 Å². The molecule has 2 aromatic carbocycles. The van der Waals surface area contributed by atoms with Crippen molar-refractivity contribution in [2.45, 2.75) is 38.8 Å². The summed E-state index contributed by atoms with van der Waals surface area (Å²) in [4.78, 5) is 12.0. The van der Waals surface area contributed by atoms with Gasteiger partial charge in [-0.15, -0.1) is 0 Å². The van der Waals surface area contributed by atoms with Gasteiger partial charge < -0.3 is 11.1 Å².